The number of nitrogens with one attached hydrogen (secondary N) is 1. The summed E-state index contributed by atoms with van der Waals surface area (Å²) >= 11 is 0. The van der Waals surface area contributed by atoms with Crippen molar-refractivity contribution in [3.8, 4) is 0 Å². The van der Waals surface area contributed by atoms with Crippen molar-refractivity contribution >= 4 is 5.91 Å². The van der Waals surface area contributed by atoms with Crippen molar-refractivity contribution < 1.29 is 9.90 Å². The Hall–Kier alpha value is -0.870. The molecule has 0 radical (unpaired) electrons. The van der Waals surface area contributed by atoms with Crippen molar-refractivity contribution in [2.45, 2.75) is 25.0 Å². The van der Waals surface area contributed by atoms with Gasteiger partial charge in [-0.25, -0.2) is 0 Å². The molecule has 0 saturated carbocycles. The molecule has 1 aliphatic rings. The van der Waals surface area contributed by atoms with Crippen LogP contribution in [0.2, 0.25) is 0 Å². The average molecular weight is 198 g/mol. The van der Waals surface area contributed by atoms with Gasteiger partial charge in [-0.2, -0.15) is 0 Å². The molecule has 4 nitrogen and oxygen atoms in total. The number of hydrogen-bond donors (Lipinski definition) is 2. The van der Waals surface area contributed by atoms with Crippen LogP contribution in [0.25, 0.3) is 0 Å². The normalized spacial score (nSPS) is 26.1. The minimum absolute atomic E-state index is 0.0673. The zero-order valence-electron chi connectivity index (χ0n) is 8.57. The molecule has 2 atom stereocenters. The first-order valence-corrected chi connectivity index (χ1v) is 4.92. The van der Waals surface area contributed by atoms with Gasteiger partial charge >= 0.3 is 0 Å². The van der Waals surface area contributed by atoms with E-state index < -0.39 is 6.10 Å². The maximum Gasteiger partial charge on any atom is 0.223 e. The molecule has 1 rings (SSSR count). The molecule has 0 aliphatic carbocycles. The van der Waals surface area contributed by atoms with Crippen LogP contribution in [0.1, 0.15) is 12.8 Å². The molecule has 0 aromatic rings. The fraction of sp³-hybridized carbons (Fsp3) is 0.700. The summed E-state index contributed by atoms with van der Waals surface area (Å²) in [5, 5.41) is 12.6. The highest BCUT2D eigenvalue weighted by molar-refractivity contribution is 5.76. The van der Waals surface area contributed by atoms with E-state index in [0.29, 0.717) is 25.9 Å². The molecule has 0 aromatic carbocycles. The van der Waals surface area contributed by atoms with E-state index in [1.165, 1.54) is 0 Å². The second-order valence-electron chi connectivity index (χ2n) is 3.62. The zero-order valence-corrected chi connectivity index (χ0v) is 8.57. The van der Waals surface area contributed by atoms with Gasteiger partial charge in [-0.15, -0.1) is 6.58 Å². The van der Waals surface area contributed by atoms with Crippen LogP contribution in [-0.4, -0.2) is 48.2 Å². The smallest absolute Gasteiger partial charge is 0.223 e. The van der Waals surface area contributed by atoms with Crippen LogP contribution in [0.4, 0.5) is 0 Å². The van der Waals surface area contributed by atoms with Crippen LogP contribution >= 0.6 is 0 Å². The molecule has 80 valence electrons. The number of carbonyl (C=O) groups excluding carboxylic acids is 1. The zero-order chi connectivity index (χ0) is 10.6. The number of aliphatic hydroxyl groups excluding tert-OH is 1. The molecule has 1 fully saturated rings. The molecule has 1 heterocycles. The fourth-order valence-electron chi connectivity index (χ4n) is 1.63. The first kappa shape index (κ1) is 11.2. The minimum atomic E-state index is -0.437. The summed E-state index contributed by atoms with van der Waals surface area (Å²) in [5.41, 5.74) is 0. The van der Waals surface area contributed by atoms with Gasteiger partial charge in [0.2, 0.25) is 5.91 Å². The number of carbonyl (C=O) groups is 1. The molecule has 14 heavy (non-hydrogen) atoms. The molecule has 1 saturated heterocycles. The van der Waals surface area contributed by atoms with Gasteiger partial charge in [-0.05, 0) is 6.42 Å². The van der Waals surface area contributed by atoms with Crippen molar-refractivity contribution in [1.29, 1.82) is 0 Å². The van der Waals surface area contributed by atoms with E-state index in [-0.39, 0.29) is 11.9 Å². The Morgan fingerprint density at radius 2 is 2.43 bits per heavy atom. The number of aliphatic hydroxyl groups is 1. The monoisotopic (exact) mass is 198 g/mol. The van der Waals surface area contributed by atoms with Crippen LogP contribution in [0.3, 0.4) is 0 Å². The Morgan fingerprint density at radius 3 is 2.93 bits per heavy atom. The average Bonchev–Trinajstić information content (AvgIpc) is 2.59. The van der Waals surface area contributed by atoms with E-state index in [9.17, 15) is 9.90 Å². The summed E-state index contributed by atoms with van der Waals surface area (Å²) in [4.78, 5) is 13.2. The van der Waals surface area contributed by atoms with Gasteiger partial charge in [0.15, 0.2) is 0 Å². The number of likely N-dealkylation sites (N-methyl/N-ethyl adjacent to an activating group) is 1. The lowest BCUT2D eigenvalue weighted by molar-refractivity contribution is -0.133. The Labute approximate surface area is 84.6 Å². The van der Waals surface area contributed by atoms with Gasteiger partial charge in [0.25, 0.3) is 0 Å². The Balaban J connectivity index is 2.42. The quantitative estimate of drug-likeness (QED) is 0.612. The van der Waals surface area contributed by atoms with Crippen LogP contribution in [0, 0.1) is 0 Å². The predicted octanol–water partition coefficient (Wildman–Crippen LogP) is -0.256. The van der Waals surface area contributed by atoms with Gasteiger partial charge in [0.1, 0.15) is 0 Å². The standard InChI is InChI=1S/C10H18N2O2/c1-3-4-5-10(14)12(2)8-6-11-7-9(8)13/h3,8-9,11,13H,1,4-7H2,2H3/t8-,9-/m0/s1. The number of β-amino-alcohol motifs (C(OH)–C–C–N with tert-alkyl or cyclic N) is 1. The number of rotatable bonds is 4. The highest BCUT2D eigenvalue weighted by atomic mass is 16.3. The molecular formula is C10H18N2O2. The fourth-order valence-corrected chi connectivity index (χ4v) is 1.63. The summed E-state index contributed by atoms with van der Waals surface area (Å²) in [6.07, 6.45) is 2.46. The first-order chi connectivity index (χ1) is 6.66. The molecule has 0 unspecified atom stereocenters. The third-order valence-corrected chi connectivity index (χ3v) is 2.60. The van der Waals surface area contributed by atoms with Crippen LogP contribution in [0.5, 0.6) is 0 Å². The van der Waals surface area contributed by atoms with E-state index >= 15 is 0 Å². The number of hydrogen-bond acceptors (Lipinski definition) is 3. The maximum absolute atomic E-state index is 11.6. The SMILES string of the molecule is C=CCCC(=O)N(C)[C@H]1CNC[C@@H]1O. The summed E-state index contributed by atoms with van der Waals surface area (Å²) < 4.78 is 0. The van der Waals surface area contributed by atoms with Gasteiger partial charge < -0.3 is 15.3 Å². The highest BCUT2D eigenvalue weighted by Gasteiger charge is 2.30. The minimum Gasteiger partial charge on any atom is -0.390 e. The van der Waals surface area contributed by atoms with Crippen LogP contribution in [0.15, 0.2) is 12.7 Å². The first-order valence-electron chi connectivity index (χ1n) is 4.92. The number of nitrogens with zero attached hydrogens (tertiary/aromatic N) is 1. The Kier molecular flexibility index (Phi) is 4.10. The third kappa shape index (κ3) is 2.56. The van der Waals surface area contributed by atoms with Crippen molar-refractivity contribution in [3.63, 3.8) is 0 Å². The molecule has 1 aliphatic heterocycles. The molecule has 1 amide bonds. The van der Waals surface area contributed by atoms with E-state index in [1.54, 1.807) is 18.0 Å². The molecular weight excluding hydrogens is 180 g/mol. The predicted molar refractivity (Wildman–Crippen MR) is 54.9 cm³/mol. The van der Waals surface area contributed by atoms with E-state index in [1.807, 2.05) is 0 Å². The van der Waals surface area contributed by atoms with Crippen molar-refractivity contribution in [2.24, 2.45) is 0 Å². The van der Waals surface area contributed by atoms with Crippen LogP contribution in [-0.2, 0) is 4.79 Å². The largest absolute Gasteiger partial charge is 0.390 e. The molecule has 0 bridgehead atoms. The lowest BCUT2D eigenvalue weighted by Crippen LogP contribution is -2.44. The number of amides is 1. The van der Waals surface area contributed by atoms with Gasteiger partial charge in [-0.3, -0.25) is 4.79 Å². The second kappa shape index (κ2) is 5.12. The number of allylic oxidation sites excluding steroid dienone is 1. The second-order valence-corrected chi connectivity index (χ2v) is 3.62. The lowest BCUT2D eigenvalue weighted by Gasteiger charge is -2.26. The Morgan fingerprint density at radius 1 is 1.71 bits per heavy atom. The molecule has 0 spiro atoms. The van der Waals surface area contributed by atoms with Crippen molar-refractivity contribution in [3.05, 3.63) is 12.7 Å². The molecule has 4 heteroatoms. The third-order valence-electron chi connectivity index (χ3n) is 2.60. The van der Waals surface area contributed by atoms with E-state index in [2.05, 4.69) is 11.9 Å². The summed E-state index contributed by atoms with van der Waals surface area (Å²) in [6, 6.07) is -0.0766. The highest BCUT2D eigenvalue weighted by Crippen LogP contribution is 2.09. The Bertz CT molecular complexity index is 218. The van der Waals surface area contributed by atoms with Crippen molar-refractivity contribution in [1.82, 2.24) is 10.2 Å². The van der Waals surface area contributed by atoms with Gasteiger partial charge in [0.05, 0.1) is 12.1 Å². The lowest BCUT2D eigenvalue weighted by atomic mass is 10.1. The maximum atomic E-state index is 11.6. The van der Waals surface area contributed by atoms with E-state index in [4.69, 9.17) is 0 Å². The summed E-state index contributed by atoms with van der Waals surface area (Å²) in [5.74, 6) is 0.0673. The van der Waals surface area contributed by atoms with E-state index in [0.717, 1.165) is 0 Å². The summed E-state index contributed by atoms with van der Waals surface area (Å²) in [6.45, 7) is 4.82. The molecule has 2 N–H and O–H groups in total. The van der Waals surface area contributed by atoms with Gasteiger partial charge in [0, 0.05) is 26.6 Å². The topological polar surface area (TPSA) is 52.6 Å². The summed E-state index contributed by atoms with van der Waals surface area (Å²) in [7, 11) is 1.74. The molecule has 0 aromatic heterocycles. The van der Waals surface area contributed by atoms with Crippen LogP contribution < -0.4 is 5.32 Å². The van der Waals surface area contributed by atoms with Gasteiger partial charge in [-0.1, -0.05) is 6.08 Å². The van der Waals surface area contributed by atoms with Crippen molar-refractivity contribution in [2.75, 3.05) is 20.1 Å².